The standard InChI is InChI=1S/C12H10BrClFN3/c13-10-2-1-7(14)5-9(10)12(18-16)8-3-4-17-6-11(8)15/h1-6,12,18H,16H2. The smallest absolute Gasteiger partial charge is 0.146 e. The summed E-state index contributed by atoms with van der Waals surface area (Å²) in [4.78, 5) is 3.71. The first-order valence-electron chi connectivity index (χ1n) is 5.14. The van der Waals surface area contributed by atoms with Crippen molar-refractivity contribution in [1.29, 1.82) is 0 Å². The molecule has 0 fully saturated rings. The van der Waals surface area contributed by atoms with Crippen LogP contribution in [0.1, 0.15) is 17.2 Å². The van der Waals surface area contributed by atoms with Crippen LogP contribution in [-0.4, -0.2) is 4.98 Å². The molecule has 1 unspecified atom stereocenters. The van der Waals surface area contributed by atoms with E-state index in [-0.39, 0.29) is 0 Å². The number of pyridine rings is 1. The van der Waals surface area contributed by atoms with Crippen LogP contribution in [0.4, 0.5) is 4.39 Å². The third-order valence-electron chi connectivity index (χ3n) is 2.55. The highest BCUT2D eigenvalue weighted by Crippen LogP contribution is 2.31. The van der Waals surface area contributed by atoms with Crippen molar-refractivity contribution in [2.75, 3.05) is 0 Å². The second kappa shape index (κ2) is 5.75. The Labute approximate surface area is 117 Å². The normalized spacial score (nSPS) is 12.4. The third kappa shape index (κ3) is 2.70. The predicted molar refractivity (Wildman–Crippen MR) is 72.5 cm³/mol. The molecule has 2 rings (SSSR count). The van der Waals surface area contributed by atoms with E-state index < -0.39 is 11.9 Å². The molecule has 94 valence electrons. The largest absolute Gasteiger partial charge is 0.271 e. The Hall–Kier alpha value is -1.01. The number of halogens is 3. The molecule has 1 aromatic heterocycles. The lowest BCUT2D eigenvalue weighted by molar-refractivity contribution is 0.555. The van der Waals surface area contributed by atoms with E-state index in [9.17, 15) is 4.39 Å². The topological polar surface area (TPSA) is 50.9 Å². The highest BCUT2D eigenvalue weighted by atomic mass is 79.9. The maximum absolute atomic E-state index is 13.7. The van der Waals surface area contributed by atoms with E-state index in [2.05, 4.69) is 26.3 Å². The average Bonchev–Trinajstić information content (AvgIpc) is 2.36. The molecule has 0 aliphatic rings. The summed E-state index contributed by atoms with van der Waals surface area (Å²) < 4.78 is 14.5. The van der Waals surface area contributed by atoms with Crippen molar-refractivity contribution in [3.63, 3.8) is 0 Å². The Morgan fingerprint density at radius 3 is 2.78 bits per heavy atom. The van der Waals surface area contributed by atoms with E-state index in [0.29, 0.717) is 10.6 Å². The summed E-state index contributed by atoms with van der Waals surface area (Å²) in [7, 11) is 0. The fourth-order valence-corrected chi connectivity index (χ4v) is 2.36. The fourth-order valence-electron chi connectivity index (χ4n) is 1.70. The number of benzene rings is 1. The van der Waals surface area contributed by atoms with Crippen LogP contribution in [0.5, 0.6) is 0 Å². The summed E-state index contributed by atoms with van der Waals surface area (Å²) in [5.74, 6) is 5.10. The lowest BCUT2D eigenvalue weighted by Crippen LogP contribution is -2.29. The molecule has 0 bridgehead atoms. The van der Waals surface area contributed by atoms with Gasteiger partial charge in [-0.3, -0.25) is 10.8 Å². The van der Waals surface area contributed by atoms with Crippen LogP contribution in [0.15, 0.2) is 41.1 Å². The van der Waals surface area contributed by atoms with Gasteiger partial charge in [0.15, 0.2) is 0 Å². The number of nitrogens with zero attached hydrogens (tertiary/aromatic N) is 1. The second-order valence-electron chi connectivity index (χ2n) is 3.66. The van der Waals surface area contributed by atoms with Gasteiger partial charge in [0.05, 0.1) is 12.2 Å². The zero-order valence-corrected chi connectivity index (χ0v) is 11.5. The molecular weight excluding hydrogens is 321 g/mol. The Morgan fingerprint density at radius 1 is 1.33 bits per heavy atom. The SMILES string of the molecule is NNC(c1ccncc1F)c1cc(Cl)ccc1Br. The minimum atomic E-state index is -0.499. The summed E-state index contributed by atoms with van der Waals surface area (Å²) in [6.45, 7) is 0. The van der Waals surface area contributed by atoms with Crippen molar-refractivity contribution in [2.45, 2.75) is 6.04 Å². The molecule has 3 N–H and O–H groups in total. The summed E-state index contributed by atoms with van der Waals surface area (Å²) in [5, 5.41) is 0.558. The lowest BCUT2D eigenvalue weighted by Gasteiger charge is -2.19. The van der Waals surface area contributed by atoms with Crippen molar-refractivity contribution in [3.8, 4) is 0 Å². The molecule has 0 saturated heterocycles. The van der Waals surface area contributed by atoms with E-state index in [1.807, 2.05) is 0 Å². The number of hydrogen-bond acceptors (Lipinski definition) is 3. The van der Waals surface area contributed by atoms with Crippen LogP contribution >= 0.6 is 27.5 Å². The predicted octanol–water partition coefficient (Wildman–Crippen LogP) is 3.19. The molecule has 0 radical (unpaired) electrons. The van der Waals surface area contributed by atoms with Crippen LogP contribution in [0, 0.1) is 5.82 Å². The first-order chi connectivity index (χ1) is 8.63. The Bertz CT molecular complexity index is 565. The number of nitrogens with two attached hydrogens (primary N) is 1. The molecule has 1 heterocycles. The van der Waals surface area contributed by atoms with Gasteiger partial charge in [-0.1, -0.05) is 27.5 Å². The van der Waals surface area contributed by atoms with Crippen molar-refractivity contribution >= 4 is 27.5 Å². The molecule has 2 aromatic rings. The van der Waals surface area contributed by atoms with E-state index in [4.69, 9.17) is 17.4 Å². The third-order valence-corrected chi connectivity index (χ3v) is 3.51. The van der Waals surface area contributed by atoms with Crippen molar-refractivity contribution < 1.29 is 4.39 Å². The number of rotatable bonds is 3. The zero-order valence-electron chi connectivity index (χ0n) is 9.20. The van der Waals surface area contributed by atoms with E-state index in [1.165, 1.54) is 6.20 Å². The summed E-state index contributed by atoms with van der Waals surface area (Å²) >= 11 is 9.35. The Kier molecular flexibility index (Phi) is 4.29. The number of hydrogen-bond donors (Lipinski definition) is 2. The van der Waals surface area contributed by atoms with Gasteiger partial charge in [0, 0.05) is 21.3 Å². The maximum atomic E-state index is 13.7. The van der Waals surface area contributed by atoms with Gasteiger partial charge in [-0.2, -0.15) is 0 Å². The van der Waals surface area contributed by atoms with Gasteiger partial charge < -0.3 is 0 Å². The molecule has 3 nitrogen and oxygen atoms in total. The van der Waals surface area contributed by atoms with Crippen molar-refractivity contribution in [2.24, 2.45) is 5.84 Å². The van der Waals surface area contributed by atoms with Crippen molar-refractivity contribution in [3.05, 3.63) is 63.1 Å². The molecular formula is C12H10BrClFN3. The monoisotopic (exact) mass is 329 g/mol. The van der Waals surface area contributed by atoms with Gasteiger partial charge in [0.1, 0.15) is 5.82 Å². The van der Waals surface area contributed by atoms with E-state index in [1.54, 1.807) is 24.3 Å². The molecule has 0 saturated carbocycles. The average molecular weight is 331 g/mol. The van der Waals surface area contributed by atoms with Gasteiger partial charge in [0.25, 0.3) is 0 Å². The molecule has 1 aromatic carbocycles. The van der Waals surface area contributed by atoms with Gasteiger partial charge in [-0.05, 0) is 29.8 Å². The Morgan fingerprint density at radius 2 is 2.11 bits per heavy atom. The molecule has 0 amide bonds. The molecule has 0 aliphatic carbocycles. The van der Waals surface area contributed by atoms with Crippen LogP contribution in [0.3, 0.4) is 0 Å². The van der Waals surface area contributed by atoms with Crippen LogP contribution in [-0.2, 0) is 0 Å². The van der Waals surface area contributed by atoms with Crippen LogP contribution in [0.25, 0.3) is 0 Å². The molecule has 0 spiro atoms. The quantitative estimate of drug-likeness (QED) is 0.671. The maximum Gasteiger partial charge on any atom is 0.146 e. The lowest BCUT2D eigenvalue weighted by atomic mass is 10.00. The highest BCUT2D eigenvalue weighted by Gasteiger charge is 2.19. The van der Waals surface area contributed by atoms with Crippen LogP contribution < -0.4 is 11.3 Å². The van der Waals surface area contributed by atoms with Crippen molar-refractivity contribution in [1.82, 2.24) is 10.4 Å². The molecule has 6 heteroatoms. The second-order valence-corrected chi connectivity index (χ2v) is 4.95. The van der Waals surface area contributed by atoms with Gasteiger partial charge in [-0.15, -0.1) is 0 Å². The molecule has 0 aliphatic heterocycles. The fraction of sp³-hybridized carbons (Fsp3) is 0.0833. The van der Waals surface area contributed by atoms with Gasteiger partial charge in [0.2, 0.25) is 0 Å². The summed E-state index contributed by atoms with van der Waals surface area (Å²) in [6.07, 6.45) is 2.67. The van der Waals surface area contributed by atoms with Gasteiger partial charge >= 0.3 is 0 Å². The number of hydrazine groups is 1. The number of aromatic nitrogens is 1. The first-order valence-corrected chi connectivity index (χ1v) is 6.31. The summed E-state index contributed by atoms with van der Waals surface area (Å²) in [5.41, 5.74) is 3.76. The summed E-state index contributed by atoms with van der Waals surface area (Å²) in [6, 6.07) is 6.34. The zero-order chi connectivity index (χ0) is 13.1. The molecule has 18 heavy (non-hydrogen) atoms. The highest BCUT2D eigenvalue weighted by molar-refractivity contribution is 9.10. The van der Waals surface area contributed by atoms with Crippen LogP contribution in [0.2, 0.25) is 5.02 Å². The minimum Gasteiger partial charge on any atom is -0.271 e. The minimum absolute atomic E-state index is 0.412. The molecule has 1 atom stereocenters. The van der Waals surface area contributed by atoms with Gasteiger partial charge in [-0.25, -0.2) is 9.82 Å². The number of nitrogens with one attached hydrogen (secondary N) is 1. The Balaban J connectivity index is 2.52. The van der Waals surface area contributed by atoms with E-state index in [0.717, 1.165) is 16.2 Å². The first kappa shape index (κ1) is 13.4. The van der Waals surface area contributed by atoms with E-state index >= 15 is 0 Å².